The van der Waals surface area contributed by atoms with E-state index in [1.54, 1.807) is 30.3 Å². The summed E-state index contributed by atoms with van der Waals surface area (Å²) in [5.41, 5.74) is 0.627. The molecule has 0 unspecified atom stereocenters. The zero-order valence-corrected chi connectivity index (χ0v) is 14.1. The van der Waals surface area contributed by atoms with Crippen molar-refractivity contribution < 1.29 is 8.42 Å². The van der Waals surface area contributed by atoms with Gasteiger partial charge in [0, 0.05) is 13.6 Å². The van der Waals surface area contributed by atoms with Crippen LogP contribution in [0.1, 0.15) is 5.56 Å². The molecule has 7 heteroatoms. The van der Waals surface area contributed by atoms with E-state index in [-0.39, 0.29) is 16.5 Å². The molecule has 0 atom stereocenters. The van der Waals surface area contributed by atoms with Crippen LogP contribution in [0, 0.1) is 0 Å². The maximum Gasteiger partial charge on any atom is 0.244 e. The van der Waals surface area contributed by atoms with Gasteiger partial charge in [-0.3, -0.25) is 0 Å². The van der Waals surface area contributed by atoms with Crippen molar-refractivity contribution in [1.82, 2.24) is 4.31 Å². The van der Waals surface area contributed by atoms with Gasteiger partial charge in [0.05, 0.1) is 15.1 Å². The van der Waals surface area contributed by atoms with Crippen molar-refractivity contribution in [3.63, 3.8) is 0 Å². The zero-order valence-electron chi connectivity index (χ0n) is 11.1. The Kier molecular flexibility index (Phi) is 5.17. The van der Waals surface area contributed by atoms with Crippen LogP contribution in [0.4, 0.5) is 0 Å². The second-order valence-electron chi connectivity index (χ2n) is 4.40. The molecule has 0 saturated carbocycles. The number of nitrogens with zero attached hydrogens (tertiary/aromatic N) is 1. The molecule has 112 valence electrons. The Balaban J connectivity index is 2.34. The first-order valence-corrected chi connectivity index (χ1v) is 8.55. The summed E-state index contributed by atoms with van der Waals surface area (Å²) < 4.78 is 26.2. The van der Waals surface area contributed by atoms with Gasteiger partial charge < -0.3 is 0 Å². The lowest BCUT2D eigenvalue weighted by molar-refractivity contribution is 0.467. The SMILES string of the molecule is CN(Cc1cccc(Cl)c1Cl)S(=O)(=O)c1ccccc1Cl. The average molecular weight is 365 g/mol. The molecule has 0 aromatic heterocycles. The predicted molar refractivity (Wildman–Crippen MR) is 86.6 cm³/mol. The van der Waals surface area contributed by atoms with Crippen LogP contribution in [0.3, 0.4) is 0 Å². The monoisotopic (exact) mass is 363 g/mol. The van der Waals surface area contributed by atoms with Gasteiger partial charge in [-0.2, -0.15) is 4.31 Å². The summed E-state index contributed by atoms with van der Waals surface area (Å²) in [5, 5.41) is 0.916. The Bertz CT molecular complexity index is 763. The van der Waals surface area contributed by atoms with Crippen molar-refractivity contribution in [2.24, 2.45) is 0 Å². The number of rotatable bonds is 4. The fourth-order valence-corrected chi connectivity index (χ4v) is 3.84. The normalized spacial score (nSPS) is 11.9. The van der Waals surface area contributed by atoms with Crippen LogP contribution in [0.2, 0.25) is 15.1 Å². The van der Waals surface area contributed by atoms with Gasteiger partial charge in [-0.15, -0.1) is 0 Å². The molecule has 21 heavy (non-hydrogen) atoms. The molecule has 0 heterocycles. The number of sulfonamides is 1. The molecule has 2 aromatic rings. The van der Waals surface area contributed by atoms with E-state index in [0.717, 1.165) is 0 Å². The number of hydrogen-bond acceptors (Lipinski definition) is 2. The molecule has 0 aliphatic carbocycles. The van der Waals surface area contributed by atoms with Crippen molar-refractivity contribution in [2.75, 3.05) is 7.05 Å². The fourth-order valence-electron chi connectivity index (χ4n) is 1.82. The Hall–Kier alpha value is -0.780. The fraction of sp³-hybridized carbons (Fsp3) is 0.143. The molecular formula is C14H12Cl3NO2S. The molecule has 0 amide bonds. The first-order valence-electron chi connectivity index (χ1n) is 5.98. The zero-order chi connectivity index (χ0) is 15.6. The summed E-state index contributed by atoms with van der Waals surface area (Å²) in [4.78, 5) is 0.0623. The third-order valence-electron chi connectivity index (χ3n) is 2.95. The Morgan fingerprint density at radius 1 is 0.952 bits per heavy atom. The maximum absolute atomic E-state index is 12.5. The van der Waals surface area contributed by atoms with Crippen molar-refractivity contribution in [1.29, 1.82) is 0 Å². The number of halogens is 3. The van der Waals surface area contributed by atoms with Gasteiger partial charge in [0.1, 0.15) is 4.90 Å². The lowest BCUT2D eigenvalue weighted by Gasteiger charge is -2.19. The van der Waals surface area contributed by atoms with E-state index >= 15 is 0 Å². The summed E-state index contributed by atoms with van der Waals surface area (Å²) in [6.07, 6.45) is 0. The third kappa shape index (κ3) is 3.52. The molecule has 0 spiro atoms. The van der Waals surface area contributed by atoms with E-state index in [9.17, 15) is 8.42 Å². The highest BCUT2D eigenvalue weighted by molar-refractivity contribution is 7.89. The van der Waals surface area contributed by atoms with Crippen LogP contribution in [-0.4, -0.2) is 19.8 Å². The highest BCUT2D eigenvalue weighted by Gasteiger charge is 2.24. The summed E-state index contributed by atoms with van der Waals surface area (Å²) in [6.45, 7) is 0.104. The first-order chi connectivity index (χ1) is 9.84. The lowest BCUT2D eigenvalue weighted by Crippen LogP contribution is -2.26. The van der Waals surface area contributed by atoms with Gasteiger partial charge in [0.2, 0.25) is 10.0 Å². The summed E-state index contributed by atoms with van der Waals surface area (Å²) >= 11 is 18.0. The minimum absolute atomic E-state index is 0.0623. The lowest BCUT2D eigenvalue weighted by atomic mass is 10.2. The van der Waals surface area contributed by atoms with Crippen LogP contribution in [0.15, 0.2) is 47.4 Å². The minimum Gasteiger partial charge on any atom is -0.207 e. The van der Waals surface area contributed by atoms with Crippen LogP contribution < -0.4 is 0 Å². The van der Waals surface area contributed by atoms with Crippen LogP contribution >= 0.6 is 34.8 Å². The molecule has 0 aliphatic rings. The quantitative estimate of drug-likeness (QED) is 0.803. The van der Waals surface area contributed by atoms with E-state index in [2.05, 4.69) is 0 Å². The largest absolute Gasteiger partial charge is 0.244 e. The van der Waals surface area contributed by atoms with E-state index in [1.165, 1.54) is 23.5 Å². The Labute approximate surface area is 139 Å². The van der Waals surface area contributed by atoms with Gasteiger partial charge >= 0.3 is 0 Å². The average Bonchev–Trinajstić information content (AvgIpc) is 2.44. The van der Waals surface area contributed by atoms with Crippen molar-refractivity contribution >= 4 is 44.8 Å². The molecule has 2 aromatic carbocycles. The maximum atomic E-state index is 12.5. The molecule has 0 saturated heterocycles. The molecule has 3 nitrogen and oxygen atoms in total. The Morgan fingerprint density at radius 3 is 2.24 bits per heavy atom. The van der Waals surface area contributed by atoms with Crippen LogP contribution in [-0.2, 0) is 16.6 Å². The minimum atomic E-state index is -3.70. The van der Waals surface area contributed by atoms with Gasteiger partial charge in [0.25, 0.3) is 0 Å². The predicted octanol–water partition coefficient (Wildman–Crippen LogP) is 4.47. The standard InChI is InChI=1S/C14H12Cl3NO2S/c1-18(9-10-5-4-7-12(16)14(10)17)21(19,20)13-8-3-2-6-11(13)15/h2-8H,9H2,1H3. The van der Waals surface area contributed by atoms with Gasteiger partial charge in [-0.05, 0) is 23.8 Å². The van der Waals surface area contributed by atoms with Gasteiger partial charge in [-0.1, -0.05) is 59.1 Å². The van der Waals surface area contributed by atoms with Crippen molar-refractivity contribution in [2.45, 2.75) is 11.4 Å². The first kappa shape index (κ1) is 16.6. The molecule has 0 aliphatic heterocycles. The second-order valence-corrected chi connectivity index (χ2v) is 7.61. The summed E-state index contributed by atoms with van der Waals surface area (Å²) in [6, 6.07) is 11.4. The van der Waals surface area contributed by atoms with Crippen molar-refractivity contribution in [3.05, 3.63) is 63.1 Å². The summed E-state index contributed by atoms with van der Waals surface area (Å²) in [5.74, 6) is 0. The molecule has 2 rings (SSSR count). The van der Waals surface area contributed by atoms with E-state index < -0.39 is 10.0 Å². The molecule has 0 radical (unpaired) electrons. The number of hydrogen-bond donors (Lipinski definition) is 0. The van der Waals surface area contributed by atoms with Crippen LogP contribution in [0.5, 0.6) is 0 Å². The van der Waals surface area contributed by atoms with Gasteiger partial charge in [0.15, 0.2) is 0 Å². The highest BCUT2D eigenvalue weighted by Crippen LogP contribution is 2.29. The molecule has 0 N–H and O–H groups in total. The smallest absolute Gasteiger partial charge is 0.207 e. The topological polar surface area (TPSA) is 37.4 Å². The molecule has 0 fully saturated rings. The van der Waals surface area contributed by atoms with Crippen LogP contribution in [0.25, 0.3) is 0 Å². The third-order valence-corrected chi connectivity index (χ3v) is 6.11. The highest BCUT2D eigenvalue weighted by atomic mass is 35.5. The Morgan fingerprint density at radius 2 is 1.57 bits per heavy atom. The number of benzene rings is 2. The molecule has 0 bridgehead atoms. The molecular weight excluding hydrogens is 353 g/mol. The van der Waals surface area contributed by atoms with Gasteiger partial charge in [-0.25, -0.2) is 8.42 Å². The van der Waals surface area contributed by atoms with E-state index in [1.807, 2.05) is 0 Å². The van der Waals surface area contributed by atoms with E-state index in [4.69, 9.17) is 34.8 Å². The van der Waals surface area contributed by atoms with E-state index in [0.29, 0.717) is 15.6 Å². The van der Waals surface area contributed by atoms with Crippen molar-refractivity contribution in [3.8, 4) is 0 Å². The summed E-state index contributed by atoms with van der Waals surface area (Å²) in [7, 11) is -2.23. The second kappa shape index (κ2) is 6.55.